The molecule has 1 aliphatic heterocycles. The van der Waals surface area contributed by atoms with Gasteiger partial charge in [0.2, 0.25) is 5.75 Å². The molecule has 2 aliphatic rings. The van der Waals surface area contributed by atoms with Crippen molar-refractivity contribution in [3.05, 3.63) is 75.5 Å². The molecule has 0 amide bonds. The van der Waals surface area contributed by atoms with Crippen LogP contribution in [0.15, 0.2) is 64.3 Å². The summed E-state index contributed by atoms with van der Waals surface area (Å²) in [6.45, 7) is 4.20. The Bertz CT molecular complexity index is 1220. The van der Waals surface area contributed by atoms with Crippen LogP contribution in [0.4, 0.5) is 0 Å². The number of benzene rings is 2. The predicted molar refractivity (Wildman–Crippen MR) is 137 cm³/mol. The number of hydrogen-bond acceptors (Lipinski definition) is 7. The van der Waals surface area contributed by atoms with Gasteiger partial charge < -0.3 is 19.5 Å². The van der Waals surface area contributed by atoms with E-state index in [1.165, 1.54) is 0 Å². The smallest absolute Gasteiger partial charge is 0.203 e. The number of Topliss-reactive ketones (excluding diaryl/α,β-unsaturated/α-hetero) is 1. The number of ether oxygens (including phenoxy) is 3. The molecule has 1 atom stereocenters. The number of methoxy groups -OCH3 is 3. The highest BCUT2D eigenvalue weighted by Crippen LogP contribution is 2.50. The highest BCUT2D eigenvalue weighted by Gasteiger charge is 2.42. The van der Waals surface area contributed by atoms with Crippen LogP contribution in [0.25, 0.3) is 0 Å². The standard InChI is InChI=1S/C28H30N2O4S/c1-28(2)13-20-25(21(31)14-28)24(18-11-22(32-3)26(34-5)23(12-18)33-4)19(15-29)27(30-20)35-16-17-9-7-6-8-10-17/h6-12,24,30H,13-14,16H2,1-5H3. The van der Waals surface area contributed by atoms with Crippen LogP contribution < -0.4 is 19.5 Å². The van der Waals surface area contributed by atoms with E-state index in [-0.39, 0.29) is 11.2 Å². The van der Waals surface area contributed by atoms with E-state index in [1.807, 2.05) is 30.3 Å². The number of nitriles is 1. The first-order valence-electron chi connectivity index (χ1n) is 11.5. The molecule has 0 saturated carbocycles. The van der Waals surface area contributed by atoms with Crippen LogP contribution in [0.3, 0.4) is 0 Å². The number of nitrogens with zero attached hydrogens (tertiary/aromatic N) is 1. The molecule has 1 unspecified atom stereocenters. The first kappa shape index (κ1) is 24.7. The van der Waals surface area contributed by atoms with Crippen molar-refractivity contribution in [2.45, 2.75) is 38.4 Å². The van der Waals surface area contributed by atoms with Gasteiger partial charge in [0.25, 0.3) is 0 Å². The van der Waals surface area contributed by atoms with Crippen LogP contribution in [0.2, 0.25) is 0 Å². The minimum Gasteiger partial charge on any atom is -0.493 e. The Balaban J connectivity index is 1.87. The fourth-order valence-corrected chi connectivity index (χ4v) is 5.84. The quantitative estimate of drug-likeness (QED) is 0.532. The fourth-order valence-electron chi connectivity index (χ4n) is 4.82. The zero-order valence-electron chi connectivity index (χ0n) is 20.7. The Morgan fingerprint density at radius 3 is 2.29 bits per heavy atom. The molecule has 1 aliphatic carbocycles. The molecular weight excluding hydrogens is 460 g/mol. The third-order valence-electron chi connectivity index (χ3n) is 6.37. The number of hydrogen-bond donors (Lipinski definition) is 1. The number of allylic oxidation sites excluding steroid dienone is 3. The summed E-state index contributed by atoms with van der Waals surface area (Å²) in [5.74, 6) is 1.69. The summed E-state index contributed by atoms with van der Waals surface area (Å²) in [6, 6.07) is 16.2. The molecule has 0 bridgehead atoms. The van der Waals surface area contributed by atoms with Crippen LogP contribution in [0, 0.1) is 16.7 Å². The topological polar surface area (TPSA) is 80.6 Å². The Labute approximate surface area is 211 Å². The van der Waals surface area contributed by atoms with Crippen molar-refractivity contribution in [3.63, 3.8) is 0 Å². The van der Waals surface area contributed by atoms with Crippen molar-refractivity contribution in [2.24, 2.45) is 5.41 Å². The molecule has 2 aromatic rings. The molecule has 0 fully saturated rings. The maximum absolute atomic E-state index is 13.5. The van der Waals surface area contributed by atoms with Crippen molar-refractivity contribution in [1.82, 2.24) is 5.32 Å². The van der Waals surface area contributed by atoms with Gasteiger partial charge in [-0.05, 0) is 35.1 Å². The Morgan fingerprint density at radius 1 is 1.06 bits per heavy atom. The number of ketones is 1. The average molecular weight is 491 g/mol. The van der Waals surface area contributed by atoms with Gasteiger partial charge in [-0.3, -0.25) is 4.79 Å². The first-order valence-corrected chi connectivity index (χ1v) is 12.4. The highest BCUT2D eigenvalue weighted by atomic mass is 32.2. The molecule has 0 aromatic heterocycles. The van der Waals surface area contributed by atoms with Gasteiger partial charge in [0.05, 0.1) is 43.9 Å². The average Bonchev–Trinajstić information content (AvgIpc) is 2.85. The predicted octanol–water partition coefficient (Wildman–Crippen LogP) is 5.71. The third kappa shape index (κ3) is 4.89. The molecule has 1 heterocycles. The normalized spacial score (nSPS) is 19.0. The molecular formula is C28H30N2O4S. The highest BCUT2D eigenvalue weighted by molar-refractivity contribution is 8.02. The number of rotatable bonds is 7. The number of carbonyl (C=O) groups excluding carboxylic acids is 1. The van der Waals surface area contributed by atoms with Crippen LogP contribution >= 0.6 is 11.8 Å². The van der Waals surface area contributed by atoms with Gasteiger partial charge in [-0.15, -0.1) is 11.8 Å². The fraction of sp³-hybridized carbons (Fsp3) is 0.357. The maximum Gasteiger partial charge on any atom is 0.203 e. The summed E-state index contributed by atoms with van der Waals surface area (Å²) in [6.07, 6.45) is 1.16. The Hall–Kier alpha value is -3.37. The third-order valence-corrected chi connectivity index (χ3v) is 7.46. The zero-order chi connectivity index (χ0) is 25.2. The Kier molecular flexibility index (Phi) is 7.13. The van der Waals surface area contributed by atoms with Crippen molar-refractivity contribution in [2.75, 3.05) is 21.3 Å². The van der Waals surface area contributed by atoms with Crippen molar-refractivity contribution >= 4 is 17.5 Å². The number of dihydropyridines is 1. The van der Waals surface area contributed by atoms with Gasteiger partial charge in [0.15, 0.2) is 17.3 Å². The zero-order valence-corrected chi connectivity index (χ0v) is 21.5. The van der Waals surface area contributed by atoms with Gasteiger partial charge in [-0.1, -0.05) is 44.2 Å². The van der Waals surface area contributed by atoms with Gasteiger partial charge >= 0.3 is 0 Å². The lowest BCUT2D eigenvalue weighted by molar-refractivity contribution is -0.118. The van der Waals surface area contributed by atoms with E-state index in [9.17, 15) is 10.1 Å². The van der Waals surface area contributed by atoms with Crippen LogP contribution in [-0.4, -0.2) is 27.1 Å². The maximum atomic E-state index is 13.5. The Morgan fingerprint density at radius 2 is 1.71 bits per heavy atom. The summed E-state index contributed by atoms with van der Waals surface area (Å²) in [5, 5.41) is 14.6. The molecule has 0 spiro atoms. The van der Waals surface area contributed by atoms with E-state index in [2.05, 4.69) is 37.4 Å². The monoisotopic (exact) mass is 490 g/mol. The van der Waals surface area contributed by atoms with E-state index < -0.39 is 5.92 Å². The first-order chi connectivity index (χ1) is 16.8. The van der Waals surface area contributed by atoms with Crippen molar-refractivity contribution < 1.29 is 19.0 Å². The van der Waals surface area contributed by atoms with Crippen LogP contribution in [0.1, 0.15) is 43.7 Å². The second-order valence-electron chi connectivity index (χ2n) is 9.48. The lowest BCUT2D eigenvalue weighted by Gasteiger charge is -2.39. The summed E-state index contributed by atoms with van der Waals surface area (Å²) in [7, 11) is 4.67. The lowest BCUT2D eigenvalue weighted by Crippen LogP contribution is -2.36. The van der Waals surface area contributed by atoms with Crippen LogP contribution in [0.5, 0.6) is 17.2 Å². The minimum absolute atomic E-state index is 0.0577. The largest absolute Gasteiger partial charge is 0.493 e. The number of carbonyl (C=O) groups is 1. The van der Waals surface area contributed by atoms with E-state index in [4.69, 9.17) is 14.2 Å². The summed E-state index contributed by atoms with van der Waals surface area (Å²) < 4.78 is 16.7. The van der Waals surface area contributed by atoms with Crippen molar-refractivity contribution in [3.8, 4) is 23.3 Å². The van der Waals surface area contributed by atoms with Crippen LogP contribution in [-0.2, 0) is 10.5 Å². The lowest BCUT2D eigenvalue weighted by atomic mass is 9.69. The summed E-state index contributed by atoms with van der Waals surface area (Å²) in [4.78, 5) is 13.5. The molecule has 7 heteroatoms. The molecule has 182 valence electrons. The minimum atomic E-state index is -0.521. The van der Waals surface area contributed by atoms with E-state index in [0.717, 1.165) is 28.3 Å². The molecule has 0 radical (unpaired) electrons. The molecule has 0 saturated heterocycles. The van der Waals surface area contributed by atoms with E-state index in [1.54, 1.807) is 33.1 Å². The van der Waals surface area contributed by atoms with Gasteiger partial charge in [-0.2, -0.15) is 5.26 Å². The van der Waals surface area contributed by atoms with Gasteiger partial charge in [0, 0.05) is 23.4 Å². The van der Waals surface area contributed by atoms with E-state index >= 15 is 0 Å². The summed E-state index contributed by atoms with van der Waals surface area (Å²) in [5.41, 5.74) is 3.82. The van der Waals surface area contributed by atoms with E-state index in [0.29, 0.717) is 40.6 Å². The van der Waals surface area contributed by atoms with Gasteiger partial charge in [-0.25, -0.2) is 0 Å². The molecule has 1 N–H and O–H groups in total. The number of thioether (sulfide) groups is 1. The second kappa shape index (κ2) is 10.1. The summed E-state index contributed by atoms with van der Waals surface area (Å²) >= 11 is 1.58. The van der Waals surface area contributed by atoms with Gasteiger partial charge in [0.1, 0.15) is 0 Å². The SMILES string of the molecule is COc1cc(C2C(C#N)=C(SCc3ccccc3)NC3=C2C(=O)CC(C)(C)C3)cc(OC)c1OC. The molecule has 35 heavy (non-hydrogen) atoms. The number of nitrogens with one attached hydrogen (secondary N) is 1. The molecule has 6 nitrogen and oxygen atoms in total. The molecule has 2 aromatic carbocycles. The van der Waals surface area contributed by atoms with Crippen molar-refractivity contribution in [1.29, 1.82) is 5.26 Å². The molecule has 4 rings (SSSR count). The second-order valence-corrected chi connectivity index (χ2v) is 10.5.